The van der Waals surface area contributed by atoms with E-state index < -0.39 is 0 Å². The molecule has 3 rings (SSSR count). The molecular weight excluding hydrogens is 351 g/mol. The van der Waals surface area contributed by atoms with Crippen molar-refractivity contribution in [1.82, 2.24) is 15.1 Å². The summed E-state index contributed by atoms with van der Waals surface area (Å²) < 4.78 is 0. The van der Waals surface area contributed by atoms with Crippen LogP contribution >= 0.6 is 24.8 Å². The first-order chi connectivity index (χ1) is 10.6. The molecule has 2 amide bonds. The van der Waals surface area contributed by atoms with E-state index in [-0.39, 0.29) is 48.6 Å². The Bertz CT molecular complexity index is 442. The van der Waals surface area contributed by atoms with Gasteiger partial charge in [0.2, 0.25) is 11.8 Å². The van der Waals surface area contributed by atoms with Gasteiger partial charge in [-0.3, -0.25) is 14.5 Å². The van der Waals surface area contributed by atoms with Crippen molar-refractivity contribution in [3.63, 3.8) is 0 Å². The lowest BCUT2D eigenvalue weighted by Crippen LogP contribution is -2.55. The summed E-state index contributed by atoms with van der Waals surface area (Å²) >= 11 is 0. The smallest absolute Gasteiger partial charge is 0.234 e. The number of fused-ring (bicyclic) bond motifs is 2. The summed E-state index contributed by atoms with van der Waals surface area (Å²) in [6.45, 7) is 6.02. The fourth-order valence-corrected chi connectivity index (χ4v) is 4.50. The van der Waals surface area contributed by atoms with Gasteiger partial charge in [-0.05, 0) is 38.0 Å². The van der Waals surface area contributed by atoms with E-state index in [1.165, 1.54) is 12.8 Å². The third-order valence-electron chi connectivity index (χ3n) is 5.69. The number of nitrogens with one attached hydrogen (secondary N) is 1. The zero-order chi connectivity index (χ0) is 15.7. The molecule has 1 heterocycles. The standard InChI is InChI=1S/C16H28N4O2.2ClH/c1-2-18-13(21)10-19-5-7-20(8-6-19)16(22)14-11-3-4-12(9-11)15(14)17;;/h11-12,14-15H,2-10,17H2,1H3,(H,18,21);2*1H. The maximum absolute atomic E-state index is 12.8. The van der Waals surface area contributed by atoms with E-state index in [2.05, 4.69) is 10.2 Å². The molecule has 8 heteroatoms. The summed E-state index contributed by atoms with van der Waals surface area (Å²) in [5.74, 6) is 1.46. The number of hydrogen-bond donors (Lipinski definition) is 2. The maximum Gasteiger partial charge on any atom is 0.234 e. The van der Waals surface area contributed by atoms with E-state index in [0.717, 1.165) is 32.6 Å². The van der Waals surface area contributed by atoms with Crippen molar-refractivity contribution >= 4 is 36.6 Å². The predicted octanol–water partition coefficient (Wildman–Crippen LogP) is 0.484. The SMILES string of the molecule is CCNC(=O)CN1CCN(C(=O)C2C3CCC(C3)C2N)CC1.Cl.Cl. The van der Waals surface area contributed by atoms with Gasteiger partial charge in [-0.15, -0.1) is 24.8 Å². The summed E-state index contributed by atoms with van der Waals surface area (Å²) in [4.78, 5) is 28.5. The third kappa shape index (κ3) is 4.34. The van der Waals surface area contributed by atoms with Gasteiger partial charge in [-0.25, -0.2) is 0 Å². The second-order valence-electron chi connectivity index (χ2n) is 6.99. The lowest BCUT2D eigenvalue weighted by atomic mass is 9.84. The van der Waals surface area contributed by atoms with Crippen LogP contribution in [0.2, 0.25) is 0 Å². The van der Waals surface area contributed by atoms with Crippen molar-refractivity contribution in [3.8, 4) is 0 Å². The monoisotopic (exact) mass is 380 g/mol. The van der Waals surface area contributed by atoms with Gasteiger partial charge in [0.25, 0.3) is 0 Å². The first-order valence-corrected chi connectivity index (χ1v) is 8.63. The Morgan fingerprint density at radius 1 is 1.08 bits per heavy atom. The van der Waals surface area contributed by atoms with Crippen LogP contribution in [0, 0.1) is 17.8 Å². The molecule has 0 aromatic carbocycles. The Balaban J connectivity index is 0.00000144. The van der Waals surface area contributed by atoms with E-state index in [1.54, 1.807) is 0 Å². The van der Waals surface area contributed by atoms with E-state index in [9.17, 15) is 9.59 Å². The van der Waals surface area contributed by atoms with Crippen molar-refractivity contribution in [2.24, 2.45) is 23.5 Å². The summed E-state index contributed by atoms with van der Waals surface area (Å²) in [5.41, 5.74) is 6.29. The molecule has 4 atom stereocenters. The quantitative estimate of drug-likeness (QED) is 0.743. The second-order valence-corrected chi connectivity index (χ2v) is 6.99. The van der Waals surface area contributed by atoms with Gasteiger partial charge in [0, 0.05) is 38.8 Å². The van der Waals surface area contributed by atoms with Crippen LogP contribution in [0.25, 0.3) is 0 Å². The van der Waals surface area contributed by atoms with Gasteiger partial charge in [0.05, 0.1) is 12.5 Å². The highest BCUT2D eigenvalue weighted by atomic mass is 35.5. The molecule has 1 saturated heterocycles. The largest absolute Gasteiger partial charge is 0.355 e. The topological polar surface area (TPSA) is 78.7 Å². The summed E-state index contributed by atoms with van der Waals surface area (Å²) in [5, 5.41) is 2.82. The van der Waals surface area contributed by atoms with Crippen molar-refractivity contribution in [3.05, 3.63) is 0 Å². The molecule has 2 saturated carbocycles. The molecule has 0 aromatic rings. The minimum atomic E-state index is 0. The molecule has 24 heavy (non-hydrogen) atoms. The molecule has 4 unspecified atom stereocenters. The lowest BCUT2D eigenvalue weighted by molar-refractivity contribution is -0.139. The Labute approximate surface area is 156 Å². The molecule has 1 aliphatic heterocycles. The number of carbonyl (C=O) groups excluding carboxylic acids is 2. The van der Waals surface area contributed by atoms with Crippen molar-refractivity contribution in [2.75, 3.05) is 39.3 Å². The lowest BCUT2D eigenvalue weighted by Gasteiger charge is -2.38. The predicted molar refractivity (Wildman–Crippen MR) is 98.5 cm³/mol. The summed E-state index contributed by atoms with van der Waals surface area (Å²) in [7, 11) is 0. The average Bonchev–Trinajstić information content (AvgIpc) is 3.08. The van der Waals surface area contributed by atoms with Gasteiger partial charge >= 0.3 is 0 Å². The molecule has 6 nitrogen and oxygen atoms in total. The van der Waals surface area contributed by atoms with E-state index in [4.69, 9.17) is 5.73 Å². The molecule has 3 N–H and O–H groups in total. The van der Waals surface area contributed by atoms with Gasteiger partial charge in [-0.2, -0.15) is 0 Å². The van der Waals surface area contributed by atoms with E-state index in [0.29, 0.717) is 24.9 Å². The molecule has 2 aliphatic carbocycles. The molecule has 3 fully saturated rings. The van der Waals surface area contributed by atoms with Gasteiger partial charge in [0.1, 0.15) is 0 Å². The summed E-state index contributed by atoms with van der Waals surface area (Å²) in [6, 6.07) is 0.0691. The second kappa shape index (κ2) is 9.22. The van der Waals surface area contributed by atoms with Gasteiger partial charge in [-0.1, -0.05) is 0 Å². The number of nitrogens with zero attached hydrogens (tertiary/aromatic N) is 2. The molecule has 140 valence electrons. The number of carbonyl (C=O) groups is 2. The molecule has 2 bridgehead atoms. The fourth-order valence-electron chi connectivity index (χ4n) is 4.50. The Morgan fingerprint density at radius 2 is 1.71 bits per heavy atom. The number of halogens is 2. The highest BCUT2D eigenvalue weighted by Crippen LogP contribution is 2.48. The van der Waals surface area contributed by atoms with Gasteiger partial charge < -0.3 is 16.0 Å². The van der Waals surface area contributed by atoms with Crippen molar-refractivity contribution in [1.29, 1.82) is 0 Å². The van der Waals surface area contributed by atoms with Crippen LogP contribution in [0.5, 0.6) is 0 Å². The first kappa shape index (κ1) is 21.5. The van der Waals surface area contributed by atoms with Crippen molar-refractivity contribution in [2.45, 2.75) is 32.2 Å². The van der Waals surface area contributed by atoms with Crippen molar-refractivity contribution < 1.29 is 9.59 Å². The van der Waals surface area contributed by atoms with Crippen LogP contribution in [0.15, 0.2) is 0 Å². The highest BCUT2D eigenvalue weighted by molar-refractivity contribution is 5.85. The van der Waals surface area contributed by atoms with Crippen LogP contribution in [-0.2, 0) is 9.59 Å². The molecule has 0 radical (unpaired) electrons. The average molecular weight is 381 g/mol. The van der Waals surface area contributed by atoms with Gasteiger partial charge in [0.15, 0.2) is 0 Å². The Kier molecular flexibility index (Phi) is 8.26. The number of amides is 2. The zero-order valence-corrected chi connectivity index (χ0v) is 15.9. The minimum Gasteiger partial charge on any atom is -0.355 e. The van der Waals surface area contributed by atoms with Crippen LogP contribution < -0.4 is 11.1 Å². The minimum absolute atomic E-state index is 0. The van der Waals surface area contributed by atoms with Crippen LogP contribution in [0.4, 0.5) is 0 Å². The van der Waals surface area contributed by atoms with E-state index >= 15 is 0 Å². The van der Waals surface area contributed by atoms with Crippen LogP contribution in [-0.4, -0.2) is 66.9 Å². The molecule has 0 aromatic heterocycles. The third-order valence-corrected chi connectivity index (χ3v) is 5.69. The zero-order valence-electron chi connectivity index (χ0n) is 14.3. The van der Waals surface area contributed by atoms with Crippen LogP contribution in [0.3, 0.4) is 0 Å². The maximum atomic E-state index is 12.8. The number of piperazine rings is 1. The molecule has 3 aliphatic rings. The highest BCUT2D eigenvalue weighted by Gasteiger charge is 2.50. The fraction of sp³-hybridized carbons (Fsp3) is 0.875. The summed E-state index contributed by atoms with van der Waals surface area (Å²) in [6.07, 6.45) is 3.52. The first-order valence-electron chi connectivity index (χ1n) is 8.63. The Hall–Kier alpha value is -0.560. The number of nitrogens with two attached hydrogens (primary N) is 1. The number of hydrogen-bond acceptors (Lipinski definition) is 4. The number of rotatable bonds is 4. The number of likely N-dealkylation sites (N-methyl/N-ethyl adjacent to an activating group) is 1. The van der Waals surface area contributed by atoms with E-state index in [1.807, 2.05) is 11.8 Å². The van der Waals surface area contributed by atoms with Crippen LogP contribution in [0.1, 0.15) is 26.2 Å². The molecular formula is C16H30Cl2N4O2. The Morgan fingerprint density at radius 3 is 2.25 bits per heavy atom. The molecule has 0 spiro atoms. The normalized spacial score (nSPS) is 32.0.